The van der Waals surface area contributed by atoms with E-state index in [2.05, 4.69) is 10.2 Å². The molecule has 0 aromatic heterocycles. The van der Waals surface area contributed by atoms with Gasteiger partial charge in [0.2, 0.25) is 0 Å². The molecule has 2 aromatic rings. The van der Waals surface area contributed by atoms with Crippen LogP contribution in [0.5, 0.6) is 11.5 Å². The number of carbonyl (C=O) groups excluding carboxylic acids is 1. The second-order valence-electron chi connectivity index (χ2n) is 5.47. The minimum absolute atomic E-state index is 0.131. The average molecular weight is 458 g/mol. The maximum atomic E-state index is 11.6. The Balaban J connectivity index is 1.99. The average Bonchev–Trinajstić information content (AvgIpc) is 2.62. The number of rotatable bonds is 6. The number of benzene rings is 2. The molecule has 13 nitrogen and oxygen atoms in total. The van der Waals surface area contributed by atoms with Crippen molar-refractivity contribution in [1.82, 2.24) is 10.9 Å². The third-order valence-corrected chi connectivity index (χ3v) is 5.05. The Morgan fingerprint density at radius 2 is 1.13 bits per heavy atom. The SMILES string of the molecule is O=C(N/N=C\c1ccc(O)c(S(=O)(=O)O)c1)N/N=C\c1ccc(O)c(S(=O)(=O)O)c1. The fourth-order valence-corrected chi connectivity index (χ4v) is 3.23. The van der Waals surface area contributed by atoms with E-state index < -0.39 is 47.6 Å². The van der Waals surface area contributed by atoms with Crippen molar-refractivity contribution in [1.29, 1.82) is 0 Å². The Labute approximate surface area is 169 Å². The first-order chi connectivity index (χ1) is 13.9. The lowest BCUT2D eigenvalue weighted by atomic mass is 10.2. The van der Waals surface area contributed by atoms with Gasteiger partial charge in [0, 0.05) is 0 Å². The number of amides is 2. The van der Waals surface area contributed by atoms with E-state index in [9.17, 15) is 31.8 Å². The molecule has 0 saturated heterocycles. The van der Waals surface area contributed by atoms with E-state index in [1.807, 2.05) is 10.9 Å². The van der Waals surface area contributed by atoms with Crippen molar-refractivity contribution in [2.75, 3.05) is 0 Å². The molecule has 0 spiro atoms. The Hall–Kier alpha value is -3.53. The van der Waals surface area contributed by atoms with Crippen molar-refractivity contribution >= 4 is 38.7 Å². The molecule has 0 saturated carbocycles. The van der Waals surface area contributed by atoms with Gasteiger partial charge in [-0.05, 0) is 47.5 Å². The molecule has 0 aliphatic rings. The molecule has 2 aromatic carbocycles. The van der Waals surface area contributed by atoms with E-state index >= 15 is 0 Å². The normalized spacial score (nSPS) is 12.3. The number of nitrogens with zero attached hydrogens (tertiary/aromatic N) is 2. The van der Waals surface area contributed by atoms with Gasteiger partial charge in [-0.3, -0.25) is 9.11 Å². The molecular weight excluding hydrogens is 444 g/mol. The van der Waals surface area contributed by atoms with Crippen LogP contribution in [-0.4, -0.2) is 54.6 Å². The summed E-state index contributed by atoms with van der Waals surface area (Å²) in [7, 11) is -9.30. The van der Waals surface area contributed by atoms with Crippen LogP contribution in [-0.2, 0) is 20.2 Å². The summed E-state index contributed by atoms with van der Waals surface area (Å²) < 4.78 is 62.4. The maximum absolute atomic E-state index is 11.6. The highest BCUT2D eigenvalue weighted by Crippen LogP contribution is 2.23. The van der Waals surface area contributed by atoms with Gasteiger partial charge >= 0.3 is 6.03 Å². The molecule has 0 fully saturated rings. The number of hydrazone groups is 2. The Morgan fingerprint density at radius 1 is 0.767 bits per heavy atom. The van der Waals surface area contributed by atoms with Crippen LogP contribution in [0.4, 0.5) is 4.79 Å². The quantitative estimate of drug-likeness (QED) is 0.198. The molecule has 0 bridgehead atoms. The molecule has 15 heteroatoms. The summed E-state index contributed by atoms with van der Waals surface area (Å²) in [5.74, 6) is -1.33. The third kappa shape index (κ3) is 6.24. The van der Waals surface area contributed by atoms with E-state index in [4.69, 9.17) is 9.11 Å². The van der Waals surface area contributed by atoms with Gasteiger partial charge in [-0.1, -0.05) is 0 Å². The first kappa shape index (κ1) is 22.8. The smallest absolute Gasteiger partial charge is 0.355 e. The molecule has 2 rings (SSSR count). The number of phenols is 2. The van der Waals surface area contributed by atoms with E-state index in [0.717, 1.165) is 36.7 Å². The summed E-state index contributed by atoms with van der Waals surface area (Å²) in [6, 6.07) is 5.46. The molecule has 0 unspecified atom stereocenters. The second kappa shape index (κ2) is 8.87. The third-order valence-electron chi connectivity index (χ3n) is 3.28. The van der Waals surface area contributed by atoms with Gasteiger partial charge in [-0.25, -0.2) is 15.6 Å². The fraction of sp³-hybridized carbons (Fsp3) is 0. The highest BCUT2D eigenvalue weighted by Gasteiger charge is 2.16. The Kier molecular flexibility index (Phi) is 6.73. The fourth-order valence-electron chi connectivity index (χ4n) is 1.99. The van der Waals surface area contributed by atoms with Gasteiger partial charge in [-0.15, -0.1) is 0 Å². The van der Waals surface area contributed by atoms with Gasteiger partial charge in [0.15, 0.2) is 0 Å². The second-order valence-corrected chi connectivity index (χ2v) is 8.25. The molecule has 0 radical (unpaired) electrons. The highest BCUT2D eigenvalue weighted by atomic mass is 32.2. The molecule has 0 atom stereocenters. The van der Waals surface area contributed by atoms with E-state index in [1.54, 1.807) is 0 Å². The van der Waals surface area contributed by atoms with Crippen molar-refractivity contribution in [3.05, 3.63) is 47.5 Å². The van der Waals surface area contributed by atoms with Crippen LogP contribution >= 0.6 is 0 Å². The molecule has 30 heavy (non-hydrogen) atoms. The molecule has 160 valence electrons. The van der Waals surface area contributed by atoms with Crippen molar-refractivity contribution < 1.29 is 40.9 Å². The van der Waals surface area contributed by atoms with Crippen molar-refractivity contribution in [2.45, 2.75) is 9.79 Å². The summed E-state index contributed by atoms with van der Waals surface area (Å²) in [5.41, 5.74) is 4.24. The monoisotopic (exact) mass is 458 g/mol. The molecule has 0 aliphatic heterocycles. The largest absolute Gasteiger partial charge is 0.506 e. The van der Waals surface area contributed by atoms with Crippen molar-refractivity contribution in [2.24, 2.45) is 10.2 Å². The van der Waals surface area contributed by atoms with Gasteiger partial charge in [0.25, 0.3) is 20.2 Å². The molecular formula is C15H14N4O9S2. The topological polar surface area (TPSA) is 215 Å². The highest BCUT2D eigenvalue weighted by molar-refractivity contribution is 7.86. The van der Waals surface area contributed by atoms with Crippen molar-refractivity contribution in [3.63, 3.8) is 0 Å². The predicted molar refractivity (Wildman–Crippen MR) is 103 cm³/mol. The number of nitrogens with one attached hydrogen (secondary N) is 2. The summed E-state index contributed by atoms with van der Waals surface area (Å²) in [6.07, 6.45) is 2.05. The number of carbonyl (C=O) groups is 1. The van der Waals surface area contributed by atoms with Crippen LogP contribution in [0.25, 0.3) is 0 Å². The molecule has 6 N–H and O–H groups in total. The number of aromatic hydroxyl groups is 2. The van der Waals surface area contributed by atoms with Gasteiger partial charge < -0.3 is 10.2 Å². The molecule has 0 aliphatic carbocycles. The zero-order valence-corrected chi connectivity index (χ0v) is 16.3. The van der Waals surface area contributed by atoms with Gasteiger partial charge in [0.05, 0.1) is 12.4 Å². The summed E-state index contributed by atoms with van der Waals surface area (Å²) in [5, 5.41) is 25.9. The van der Waals surface area contributed by atoms with Gasteiger partial charge in [-0.2, -0.15) is 27.0 Å². The lowest BCUT2D eigenvalue weighted by Gasteiger charge is -2.03. The van der Waals surface area contributed by atoms with Crippen LogP contribution < -0.4 is 10.9 Å². The first-order valence-electron chi connectivity index (χ1n) is 7.61. The molecule has 0 heterocycles. The summed E-state index contributed by atoms with van der Waals surface area (Å²) in [4.78, 5) is 10.1. The minimum Gasteiger partial charge on any atom is -0.506 e. The maximum Gasteiger partial charge on any atom is 0.355 e. The van der Waals surface area contributed by atoms with E-state index in [1.165, 1.54) is 12.1 Å². The predicted octanol–water partition coefficient (Wildman–Crippen LogP) is 0.258. The number of phenolic OH excluding ortho intramolecular Hbond substituents is 2. The van der Waals surface area contributed by atoms with Crippen LogP contribution in [0.15, 0.2) is 56.4 Å². The van der Waals surface area contributed by atoms with E-state index in [-0.39, 0.29) is 11.1 Å². The van der Waals surface area contributed by atoms with E-state index in [0.29, 0.717) is 0 Å². The van der Waals surface area contributed by atoms with Crippen molar-refractivity contribution in [3.8, 4) is 11.5 Å². The minimum atomic E-state index is -4.65. The van der Waals surface area contributed by atoms with Crippen LogP contribution in [0.1, 0.15) is 11.1 Å². The number of urea groups is 1. The summed E-state index contributed by atoms with van der Waals surface area (Å²) in [6.45, 7) is 0. The lowest BCUT2D eigenvalue weighted by Crippen LogP contribution is -2.28. The van der Waals surface area contributed by atoms with Gasteiger partial charge in [0.1, 0.15) is 21.3 Å². The molecule has 2 amide bonds. The van der Waals surface area contributed by atoms with Crippen LogP contribution in [0.3, 0.4) is 0 Å². The number of hydrogen-bond acceptors (Lipinski definition) is 9. The Bertz CT molecular complexity index is 1140. The van der Waals surface area contributed by atoms with Crippen LogP contribution in [0, 0.1) is 0 Å². The first-order valence-corrected chi connectivity index (χ1v) is 10.5. The standard InChI is InChI=1S/C15H14N4O9S2/c20-11-3-1-9(5-13(11)29(23,24)25)7-16-18-15(22)19-17-8-10-2-4-12(21)14(6-10)30(26,27)28/h1-8,20-21H,(H2,18,19,22)(H,23,24,25)(H,26,27,28)/b16-7-,17-8-. The lowest BCUT2D eigenvalue weighted by molar-refractivity contribution is 0.242. The zero-order chi connectivity index (χ0) is 22.5. The number of hydrogen-bond donors (Lipinski definition) is 6. The zero-order valence-electron chi connectivity index (χ0n) is 14.7. The van der Waals surface area contributed by atoms with Crippen LogP contribution in [0.2, 0.25) is 0 Å². The Morgan fingerprint density at radius 3 is 1.47 bits per heavy atom. The summed E-state index contributed by atoms with van der Waals surface area (Å²) >= 11 is 0.